The molecular formula is C27H26ClN3O5S. The summed E-state index contributed by atoms with van der Waals surface area (Å²) in [6.45, 7) is 2.04. The van der Waals surface area contributed by atoms with Gasteiger partial charge in [0.25, 0.3) is 0 Å². The number of carbonyl (C=O) groups is 2. The molecule has 4 rings (SSSR count). The molecule has 8 nitrogen and oxygen atoms in total. The summed E-state index contributed by atoms with van der Waals surface area (Å²) >= 11 is 5.90. The lowest BCUT2D eigenvalue weighted by atomic mass is 10.0. The third kappa shape index (κ3) is 6.76. The molecule has 0 radical (unpaired) electrons. The van der Waals surface area contributed by atoms with Gasteiger partial charge in [0.05, 0.1) is 17.9 Å². The molecule has 10 heteroatoms. The Kier molecular flexibility index (Phi) is 8.27. The van der Waals surface area contributed by atoms with Gasteiger partial charge < -0.3 is 15.0 Å². The first-order valence-electron chi connectivity index (χ1n) is 11.6. The van der Waals surface area contributed by atoms with Crippen LogP contribution in [0.2, 0.25) is 5.02 Å². The number of hydrogen-bond donors (Lipinski definition) is 3. The van der Waals surface area contributed by atoms with Crippen molar-refractivity contribution in [3.8, 4) is 0 Å². The van der Waals surface area contributed by atoms with Crippen LogP contribution in [0.5, 0.6) is 0 Å². The van der Waals surface area contributed by atoms with Crippen LogP contribution in [0.3, 0.4) is 0 Å². The number of rotatable bonds is 10. The first-order valence-corrected chi connectivity index (χ1v) is 13.5. The highest BCUT2D eigenvalue weighted by molar-refractivity contribution is 7.89. The van der Waals surface area contributed by atoms with Crippen molar-refractivity contribution >= 4 is 50.1 Å². The van der Waals surface area contributed by atoms with Gasteiger partial charge >= 0.3 is 5.97 Å². The maximum absolute atomic E-state index is 13.3. The number of amides is 1. The van der Waals surface area contributed by atoms with Crippen LogP contribution in [0.25, 0.3) is 10.9 Å². The fourth-order valence-corrected chi connectivity index (χ4v) is 5.21. The third-order valence-corrected chi connectivity index (χ3v) is 7.45. The number of para-hydroxylation sites is 1. The van der Waals surface area contributed by atoms with Crippen molar-refractivity contribution in [2.45, 2.75) is 30.7 Å². The smallest absolute Gasteiger partial charge is 0.310 e. The van der Waals surface area contributed by atoms with Crippen LogP contribution >= 0.6 is 11.6 Å². The van der Waals surface area contributed by atoms with Crippen molar-refractivity contribution in [3.63, 3.8) is 0 Å². The number of benzene rings is 3. The zero-order valence-electron chi connectivity index (χ0n) is 20.0. The van der Waals surface area contributed by atoms with E-state index in [4.69, 9.17) is 16.3 Å². The molecular weight excluding hydrogens is 514 g/mol. The molecule has 37 heavy (non-hydrogen) atoms. The highest BCUT2D eigenvalue weighted by atomic mass is 35.5. The van der Waals surface area contributed by atoms with Gasteiger partial charge in [0, 0.05) is 27.8 Å². The Bertz CT molecular complexity index is 1500. The van der Waals surface area contributed by atoms with Gasteiger partial charge in [-0.2, -0.15) is 4.72 Å². The largest absolute Gasteiger partial charge is 0.466 e. The number of nitrogens with one attached hydrogen (secondary N) is 3. The number of sulfonamides is 1. The molecule has 0 aliphatic heterocycles. The summed E-state index contributed by atoms with van der Waals surface area (Å²) in [4.78, 5) is 28.2. The van der Waals surface area contributed by atoms with Gasteiger partial charge in [-0.05, 0) is 66.9 Å². The Morgan fingerprint density at radius 2 is 1.70 bits per heavy atom. The highest BCUT2D eigenvalue weighted by Crippen LogP contribution is 2.21. The van der Waals surface area contributed by atoms with Gasteiger partial charge in [-0.25, -0.2) is 8.42 Å². The number of anilines is 1. The molecule has 0 aliphatic rings. The normalized spacial score (nSPS) is 12.3. The zero-order chi connectivity index (χ0) is 26.4. The lowest BCUT2D eigenvalue weighted by Gasteiger charge is -2.19. The van der Waals surface area contributed by atoms with E-state index in [1.54, 1.807) is 37.4 Å². The van der Waals surface area contributed by atoms with Crippen LogP contribution in [-0.4, -0.2) is 37.9 Å². The second-order valence-corrected chi connectivity index (χ2v) is 10.5. The van der Waals surface area contributed by atoms with Crippen LogP contribution in [0, 0.1) is 0 Å². The number of H-pyrrole nitrogens is 1. The fourth-order valence-electron chi connectivity index (χ4n) is 3.89. The van der Waals surface area contributed by atoms with Gasteiger partial charge in [-0.1, -0.05) is 41.9 Å². The molecule has 0 fully saturated rings. The molecule has 1 aromatic heterocycles. The average Bonchev–Trinajstić information content (AvgIpc) is 3.28. The van der Waals surface area contributed by atoms with E-state index in [1.165, 1.54) is 24.3 Å². The zero-order valence-corrected chi connectivity index (χ0v) is 21.6. The molecule has 192 valence electrons. The maximum atomic E-state index is 13.3. The fraction of sp³-hybridized carbons (Fsp3) is 0.185. The lowest BCUT2D eigenvalue weighted by Crippen LogP contribution is -2.45. The topological polar surface area (TPSA) is 117 Å². The molecule has 1 heterocycles. The van der Waals surface area contributed by atoms with Gasteiger partial charge in [-0.3, -0.25) is 9.59 Å². The van der Waals surface area contributed by atoms with E-state index in [1.807, 2.05) is 24.3 Å². The number of esters is 1. The third-order valence-electron chi connectivity index (χ3n) is 5.71. The van der Waals surface area contributed by atoms with E-state index < -0.39 is 22.0 Å². The SMILES string of the molecule is CCOC(=O)Cc1ccc(NC(=O)[C@H](Cc2c[nH]c3ccccc23)NS(=O)(=O)c2ccc(Cl)cc2)cc1. The van der Waals surface area contributed by atoms with Crippen molar-refractivity contribution < 1.29 is 22.7 Å². The molecule has 1 amide bonds. The first-order chi connectivity index (χ1) is 17.7. The molecule has 0 bridgehead atoms. The van der Waals surface area contributed by atoms with E-state index in [-0.39, 0.29) is 23.7 Å². The molecule has 0 saturated heterocycles. The van der Waals surface area contributed by atoms with E-state index in [9.17, 15) is 18.0 Å². The number of hydrogen-bond acceptors (Lipinski definition) is 5. The Hall–Kier alpha value is -3.66. The lowest BCUT2D eigenvalue weighted by molar-refractivity contribution is -0.142. The van der Waals surface area contributed by atoms with E-state index in [2.05, 4.69) is 15.0 Å². The van der Waals surface area contributed by atoms with Crippen molar-refractivity contribution in [3.05, 3.63) is 95.1 Å². The van der Waals surface area contributed by atoms with Crippen molar-refractivity contribution in [1.29, 1.82) is 0 Å². The van der Waals surface area contributed by atoms with Crippen LogP contribution in [0.1, 0.15) is 18.1 Å². The summed E-state index contributed by atoms with van der Waals surface area (Å²) in [6.07, 6.45) is 2.00. The molecule has 0 unspecified atom stereocenters. The summed E-state index contributed by atoms with van der Waals surface area (Å²) in [5.74, 6) is -0.865. The monoisotopic (exact) mass is 539 g/mol. The molecule has 0 saturated carbocycles. The predicted octanol–water partition coefficient (Wildman–Crippen LogP) is 4.46. The average molecular weight is 540 g/mol. The molecule has 3 aromatic carbocycles. The van der Waals surface area contributed by atoms with Gasteiger partial charge in [0.2, 0.25) is 15.9 Å². The standard InChI is InChI=1S/C27H26ClN3O5S/c1-2-36-26(32)15-18-7-11-21(12-8-18)30-27(33)25(16-19-17-29-24-6-4-3-5-23(19)24)31-37(34,35)22-13-9-20(28)10-14-22/h3-14,17,25,29,31H,2,15-16H2,1H3,(H,30,33)/t25-/m0/s1. The number of halogens is 1. The van der Waals surface area contributed by atoms with Crippen molar-refractivity contribution in [2.75, 3.05) is 11.9 Å². The summed E-state index contributed by atoms with van der Waals surface area (Å²) in [5.41, 5.74) is 2.87. The summed E-state index contributed by atoms with van der Waals surface area (Å²) in [6, 6.07) is 18.9. The van der Waals surface area contributed by atoms with Gasteiger partial charge in [0.15, 0.2) is 0 Å². The minimum Gasteiger partial charge on any atom is -0.466 e. The molecule has 4 aromatic rings. The molecule has 3 N–H and O–H groups in total. The van der Waals surface area contributed by atoms with Crippen LogP contribution < -0.4 is 10.0 Å². The van der Waals surface area contributed by atoms with Crippen LogP contribution in [-0.2, 0) is 37.2 Å². The number of ether oxygens (including phenoxy) is 1. The Labute approximate surface area is 220 Å². The summed E-state index contributed by atoms with van der Waals surface area (Å²) in [7, 11) is -4.03. The number of fused-ring (bicyclic) bond motifs is 1. The van der Waals surface area contributed by atoms with Crippen LogP contribution in [0.15, 0.2) is 83.9 Å². The Morgan fingerprint density at radius 1 is 1.00 bits per heavy atom. The predicted molar refractivity (Wildman–Crippen MR) is 143 cm³/mol. The first kappa shape index (κ1) is 26.4. The number of aromatic amines is 1. The molecule has 0 spiro atoms. The highest BCUT2D eigenvalue weighted by Gasteiger charge is 2.27. The second-order valence-electron chi connectivity index (χ2n) is 8.36. The summed E-state index contributed by atoms with van der Waals surface area (Å²) in [5, 5.41) is 4.08. The van der Waals surface area contributed by atoms with Crippen molar-refractivity contribution in [2.24, 2.45) is 0 Å². The molecule has 0 aliphatic carbocycles. The van der Waals surface area contributed by atoms with E-state index in [0.717, 1.165) is 22.0 Å². The van der Waals surface area contributed by atoms with Crippen LogP contribution in [0.4, 0.5) is 5.69 Å². The minimum absolute atomic E-state index is 0.00283. The van der Waals surface area contributed by atoms with Gasteiger partial charge in [0.1, 0.15) is 6.04 Å². The van der Waals surface area contributed by atoms with E-state index >= 15 is 0 Å². The quantitative estimate of drug-likeness (QED) is 0.257. The Balaban J connectivity index is 1.56. The van der Waals surface area contributed by atoms with E-state index in [0.29, 0.717) is 17.3 Å². The van der Waals surface area contributed by atoms with Crippen molar-refractivity contribution in [1.82, 2.24) is 9.71 Å². The summed E-state index contributed by atoms with van der Waals surface area (Å²) < 4.78 is 33.7. The minimum atomic E-state index is -4.03. The van der Waals surface area contributed by atoms with Gasteiger partial charge in [-0.15, -0.1) is 0 Å². The molecule has 1 atom stereocenters. The Morgan fingerprint density at radius 3 is 2.41 bits per heavy atom. The second kappa shape index (κ2) is 11.6. The number of aromatic nitrogens is 1. The maximum Gasteiger partial charge on any atom is 0.310 e. The number of carbonyl (C=O) groups excluding carboxylic acids is 2.